The molecule has 0 aliphatic rings. The maximum atomic E-state index is 13.1. The number of methoxy groups -OCH3 is 1. The van der Waals surface area contributed by atoms with Gasteiger partial charge in [-0.25, -0.2) is 18.2 Å². The van der Waals surface area contributed by atoms with E-state index >= 15 is 0 Å². The Morgan fingerprint density at radius 2 is 1.93 bits per heavy atom. The minimum atomic E-state index is -3.65. The average Bonchev–Trinajstić information content (AvgIpc) is 3.09. The Labute approximate surface area is 169 Å². The van der Waals surface area contributed by atoms with E-state index in [9.17, 15) is 13.2 Å². The fourth-order valence-corrected chi connectivity index (χ4v) is 4.15. The molecule has 2 heterocycles. The number of pyridine rings is 1. The summed E-state index contributed by atoms with van der Waals surface area (Å²) in [6.07, 6.45) is 3.19. The van der Waals surface area contributed by atoms with Crippen LogP contribution in [0.2, 0.25) is 0 Å². The zero-order chi connectivity index (χ0) is 21.4. The molecule has 9 heteroatoms. The molecule has 0 radical (unpaired) electrons. The Morgan fingerprint density at radius 3 is 2.55 bits per heavy atom. The number of nitrogens with zero attached hydrogens (tertiary/aromatic N) is 2. The smallest absolute Gasteiger partial charge is 0.318 e. The van der Waals surface area contributed by atoms with Crippen LogP contribution < -0.4 is 15.4 Å². The zero-order valence-electron chi connectivity index (χ0n) is 17.0. The highest BCUT2D eigenvalue weighted by Gasteiger charge is 2.34. The molecule has 0 atom stereocenters. The second-order valence-electron chi connectivity index (χ2n) is 7.48. The monoisotopic (exact) mass is 416 g/mol. The maximum Gasteiger partial charge on any atom is 0.318 e. The lowest BCUT2D eigenvalue weighted by Crippen LogP contribution is -2.28. The number of hydrogen-bond acceptors (Lipinski definition) is 5. The van der Waals surface area contributed by atoms with Gasteiger partial charge in [-0.1, -0.05) is 12.1 Å². The van der Waals surface area contributed by atoms with Crippen molar-refractivity contribution in [3.8, 4) is 17.0 Å². The molecular weight excluding hydrogens is 392 g/mol. The van der Waals surface area contributed by atoms with E-state index in [1.807, 2.05) is 6.07 Å². The number of fused-ring (bicyclic) bond motifs is 1. The number of nitrogens with one attached hydrogen (secondary N) is 2. The number of anilines is 1. The molecule has 0 spiro atoms. The molecule has 0 unspecified atom stereocenters. The molecule has 0 fully saturated rings. The minimum Gasteiger partial charge on any atom is -0.495 e. The van der Waals surface area contributed by atoms with Crippen molar-refractivity contribution in [3.63, 3.8) is 0 Å². The van der Waals surface area contributed by atoms with E-state index in [0.29, 0.717) is 17.0 Å². The molecule has 0 aliphatic carbocycles. The quantitative estimate of drug-likeness (QED) is 0.679. The number of carbonyl (C=O) groups excluding carboxylic acids is 1. The summed E-state index contributed by atoms with van der Waals surface area (Å²) in [5.74, 6) is 0.250. The fraction of sp³-hybridized carbons (Fsp3) is 0.300. The second kappa shape index (κ2) is 7.40. The normalized spacial score (nSPS) is 12.0. The number of benzene rings is 1. The molecule has 2 aromatic heterocycles. The van der Waals surface area contributed by atoms with E-state index in [1.54, 1.807) is 55.6 Å². The third kappa shape index (κ3) is 3.77. The first-order valence-electron chi connectivity index (χ1n) is 8.97. The molecule has 8 nitrogen and oxygen atoms in total. The van der Waals surface area contributed by atoms with Crippen molar-refractivity contribution in [3.05, 3.63) is 42.7 Å². The lowest BCUT2D eigenvalue weighted by atomic mass is 10.1. The average molecular weight is 417 g/mol. The topological polar surface area (TPSA) is 102 Å². The number of urea groups is 1. The van der Waals surface area contributed by atoms with Crippen molar-refractivity contribution in [2.24, 2.45) is 0 Å². The Hall–Kier alpha value is -3.07. The number of carbonyl (C=O) groups is 1. The molecule has 154 valence electrons. The number of imidazole rings is 1. The van der Waals surface area contributed by atoms with Gasteiger partial charge < -0.3 is 15.4 Å². The third-order valence-electron chi connectivity index (χ3n) is 4.53. The van der Waals surface area contributed by atoms with Crippen LogP contribution in [-0.4, -0.2) is 42.7 Å². The molecule has 3 rings (SSSR count). The molecule has 0 saturated heterocycles. The lowest BCUT2D eigenvalue weighted by molar-refractivity contribution is 0.254. The Bertz CT molecular complexity index is 1180. The van der Waals surface area contributed by atoms with Crippen LogP contribution in [0.5, 0.6) is 5.75 Å². The number of ether oxygens (including phenoxy) is 1. The summed E-state index contributed by atoms with van der Waals surface area (Å²) in [6, 6.07) is 8.50. The molecule has 0 aliphatic heterocycles. The molecule has 3 aromatic rings. The first-order valence-corrected chi connectivity index (χ1v) is 10.5. The fourth-order valence-electron chi connectivity index (χ4n) is 2.84. The number of rotatable bonds is 4. The maximum absolute atomic E-state index is 13.1. The molecule has 2 amide bonds. The van der Waals surface area contributed by atoms with Gasteiger partial charge in [-0.05, 0) is 32.9 Å². The van der Waals surface area contributed by atoms with Crippen LogP contribution in [0, 0.1) is 0 Å². The molecule has 0 bridgehead atoms. The van der Waals surface area contributed by atoms with E-state index in [-0.39, 0.29) is 16.7 Å². The summed E-state index contributed by atoms with van der Waals surface area (Å²) < 4.78 is 32.2. The summed E-state index contributed by atoms with van der Waals surface area (Å²) in [6.45, 7) is 4.94. The van der Waals surface area contributed by atoms with Crippen LogP contribution >= 0.6 is 0 Å². The second-order valence-corrected chi connectivity index (χ2v) is 10.1. The van der Waals surface area contributed by atoms with Crippen molar-refractivity contribution in [2.45, 2.75) is 30.4 Å². The number of amides is 2. The van der Waals surface area contributed by atoms with Gasteiger partial charge in [0, 0.05) is 30.6 Å². The first-order chi connectivity index (χ1) is 13.6. The van der Waals surface area contributed by atoms with Crippen LogP contribution in [0.4, 0.5) is 10.5 Å². The van der Waals surface area contributed by atoms with Crippen molar-refractivity contribution in [2.75, 3.05) is 19.5 Å². The van der Waals surface area contributed by atoms with Gasteiger partial charge in [0.05, 0.1) is 23.7 Å². The van der Waals surface area contributed by atoms with Gasteiger partial charge >= 0.3 is 6.03 Å². The minimum absolute atomic E-state index is 0.0962. The van der Waals surface area contributed by atoms with Gasteiger partial charge in [0.1, 0.15) is 16.3 Å². The van der Waals surface area contributed by atoms with E-state index in [0.717, 1.165) is 5.56 Å². The van der Waals surface area contributed by atoms with E-state index < -0.39 is 14.6 Å². The van der Waals surface area contributed by atoms with Crippen molar-refractivity contribution in [1.29, 1.82) is 0 Å². The van der Waals surface area contributed by atoms with Gasteiger partial charge in [0.2, 0.25) is 0 Å². The van der Waals surface area contributed by atoms with Crippen LogP contribution in [-0.2, 0) is 9.84 Å². The molecular formula is C20H24N4O4S. The zero-order valence-corrected chi connectivity index (χ0v) is 17.8. The van der Waals surface area contributed by atoms with Crippen LogP contribution in [0.3, 0.4) is 0 Å². The summed E-state index contributed by atoms with van der Waals surface area (Å²) in [5.41, 5.74) is 2.62. The van der Waals surface area contributed by atoms with Crippen LogP contribution in [0.15, 0.2) is 47.6 Å². The van der Waals surface area contributed by atoms with Gasteiger partial charge in [-0.3, -0.25) is 4.40 Å². The summed E-state index contributed by atoms with van der Waals surface area (Å²) in [5, 5.41) is 5.22. The highest BCUT2D eigenvalue weighted by molar-refractivity contribution is 7.92. The predicted molar refractivity (Wildman–Crippen MR) is 112 cm³/mol. The van der Waals surface area contributed by atoms with Crippen molar-refractivity contribution >= 4 is 27.2 Å². The van der Waals surface area contributed by atoms with E-state index in [4.69, 9.17) is 4.74 Å². The number of aromatic nitrogens is 2. The third-order valence-corrected chi connectivity index (χ3v) is 7.03. The highest BCUT2D eigenvalue weighted by Crippen LogP contribution is 2.34. The SMILES string of the molecule is CNC(=O)Nc1cccc(-c2cnc3cc(OC)c(S(=O)(=O)C(C)(C)C)cn23)c1. The molecule has 1 aromatic carbocycles. The lowest BCUT2D eigenvalue weighted by Gasteiger charge is -2.21. The van der Waals surface area contributed by atoms with Crippen molar-refractivity contribution in [1.82, 2.24) is 14.7 Å². The first kappa shape index (κ1) is 20.7. The standard InChI is InChI=1S/C20H24N4O4S/c1-20(2,3)29(26,27)17-12-24-15(11-22-18(24)10-16(17)28-5)13-7-6-8-14(9-13)23-19(25)21-4/h6-12H,1-5H3,(H2,21,23,25). The van der Waals surface area contributed by atoms with Crippen molar-refractivity contribution < 1.29 is 17.9 Å². The van der Waals surface area contributed by atoms with E-state index in [1.165, 1.54) is 20.4 Å². The summed E-state index contributed by atoms with van der Waals surface area (Å²) in [7, 11) is -0.682. The predicted octanol–water partition coefficient (Wildman–Crippen LogP) is 3.33. The molecule has 0 saturated carbocycles. The Balaban J connectivity index is 2.18. The Kier molecular flexibility index (Phi) is 5.27. The largest absolute Gasteiger partial charge is 0.495 e. The van der Waals surface area contributed by atoms with Gasteiger partial charge in [0.25, 0.3) is 0 Å². The summed E-state index contributed by atoms with van der Waals surface area (Å²) >= 11 is 0. The Morgan fingerprint density at radius 1 is 1.21 bits per heavy atom. The molecule has 29 heavy (non-hydrogen) atoms. The van der Waals surface area contributed by atoms with Crippen LogP contribution in [0.1, 0.15) is 20.8 Å². The summed E-state index contributed by atoms with van der Waals surface area (Å²) in [4.78, 5) is 16.1. The number of sulfone groups is 1. The van der Waals surface area contributed by atoms with Crippen LogP contribution in [0.25, 0.3) is 16.9 Å². The van der Waals surface area contributed by atoms with Gasteiger partial charge in [-0.2, -0.15) is 0 Å². The van der Waals surface area contributed by atoms with Gasteiger partial charge in [0.15, 0.2) is 9.84 Å². The highest BCUT2D eigenvalue weighted by atomic mass is 32.2. The molecule has 2 N–H and O–H groups in total. The number of hydrogen-bond donors (Lipinski definition) is 2. The van der Waals surface area contributed by atoms with Gasteiger partial charge in [-0.15, -0.1) is 0 Å². The van der Waals surface area contributed by atoms with E-state index in [2.05, 4.69) is 15.6 Å².